The molecule has 1 aromatic rings. The highest BCUT2D eigenvalue weighted by atomic mass is 79.9. The lowest BCUT2D eigenvalue weighted by atomic mass is 10.1. The number of hydrogen-bond donors (Lipinski definition) is 0. The van der Waals surface area contributed by atoms with E-state index in [4.69, 9.17) is 16.3 Å². The summed E-state index contributed by atoms with van der Waals surface area (Å²) in [5.74, 6) is -0.482. The van der Waals surface area contributed by atoms with Gasteiger partial charge in [-0.1, -0.05) is 0 Å². The summed E-state index contributed by atoms with van der Waals surface area (Å²) < 4.78 is 30.2. The van der Waals surface area contributed by atoms with Gasteiger partial charge in [0.15, 0.2) is 0 Å². The average Bonchev–Trinajstić information content (AvgIpc) is 2.29. The summed E-state index contributed by atoms with van der Waals surface area (Å²) in [5.41, 5.74) is 0.376. The van der Waals surface area contributed by atoms with E-state index >= 15 is 0 Å². The third-order valence-corrected chi connectivity index (χ3v) is 3.03. The fourth-order valence-electron chi connectivity index (χ4n) is 1.37. The molecule has 1 rings (SSSR count). The zero-order chi connectivity index (χ0) is 13.7. The van der Waals surface area contributed by atoms with Crippen LogP contribution in [0.2, 0.25) is 0 Å². The van der Waals surface area contributed by atoms with Crippen LogP contribution in [0.3, 0.4) is 0 Å². The molecule has 1 aromatic heterocycles. The summed E-state index contributed by atoms with van der Waals surface area (Å²) in [7, 11) is 0. The largest absolute Gasteiger partial charge is 0.466 e. The average molecular weight is 343 g/mol. The molecule has 0 aromatic carbocycles. The number of rotatable bonds is 5. The number of pyridine rings is 1. The molecule has 0 saturated heterocycles. The monoisotopic (exact) mass is 341 g/mol. The molecular formula is C11H11BrClF2NO2. The highest BCUT2D eigenvalue weighted by Gasteiger charge is 2.18. The number of halogens is 4. The molecule has 0 aliphatic carbocycles. The topological polar surface area (TPSA) is 39.2 Å². The highest BCUT2D eigenvalue weighted by Crippen LogP contribution is 2.28. The van der Waals surface area contributed by atoms with Gasteiger partial charge in [0.05, 0.1) is 24.6 Å². The third-order valence-electron chi connectivity index (χ3n) is 2.15. The van der Waals surface area contributed by atoms with Gasteiger partial charge in [0.2, 0.25) is 0 Å². The van der Waals surface area contributed by atoms with Crippen molar-refractivity contribution in [1.29, 1.82) is 0 Å². The molecule has 0 unspecified atom stereocenters. The van der Waals surface area contributed by atoms with Crippen molar-refractivity contribution in [3.05, 3.63) is 27.5 Å². The Labute approximate surface area is 117 Å². The lowest BCUT2D eigenvalue weighted by Gasteiger charge is -2.10. The fourth-order valence-corrected chi connectivity index (χ4v) is 2.14. The first-order chi connectivity index (χ1) is 8.49. The van der Waals surface area contributed by atoms with Crippen molar-refractivity contribution in [2.24, 2.45) is 0 Å². The van der Waals surface area contributed by atoms with Gasteiger partial charge in [0, 0.05) is 4.47 Å². The van der Waals surface area contributed by atoms with Crippen LogP contribution in [-0.2, 0) is 21.8 Å². The van der Waals surface area contributed by atoms with Crippen LogP contribution in [-0.4, -0.2) is 17.6 Å². The Hall–Kier alpha value is -0.750. The second-order valence-electron chi connectivity index (χ2n) is 3.38. The van der Waals surface area contributed by atoms with Crippen LogP contribution in [0.15, 0.2) is 10.5 Å². The van der Waals surface area contributed by atoms with Crippen LogP contribution in [0.1, 0.15) is 30.3 Å². The van der Waals surface area contributed by atoms with E-state index in [0.29, 0.717) is 5.56 Å². The van der Waals surface area contributed by atoms with Gasteiger partial charge in [0.25, 0.3) is 6.43 Å². The zero-order valence-corrected chi connectivity index (χ0v) is 11.9. The molecule has 0 N–H and O–H groups in total. The van der Waals surface area contributed by atoms with Crippen LogP contribution < -0.4 is 0 Å². The molecule has 100 valence electrons. The van der Waals surface area contributed by atoms with Crippen LogP contribution >= 0.6 is 27.5 Å². The molecule has 7 heteroatoms. The Morgan fingerprint density at radius 2 is 2.28 bits per heavy atom. The van der Waals surface area contributed by atoms with E-state index in [-0.39, 0.29) is 34.8 Å². The summed E-state index contributed by atoms with van der Waals surface area (Å²) in [6.45, 7) is 1.95. The number of alkyl halides is 3. The molecule has 3 nitrogen and oxygen atoms in total. The lowest BCUT2D eigenvalue weighted by molar-refractivity contribution is -0.142. The highest BCUT2D eigenvalue weighted by molar-refractivity contribution is 9.10. The van der Waals surface area contributed by atoms with Crippen molar-refractivity contribution >= 4 is 33.5 Å². The minimum absolute atomic E-state index is 0.0367. The van der Waals surface area contributed by atoms with Gasteiger partial charge in [0.1, 0.15) is 5.69 Å². The smallest absolute Gasteiger partial charge is 0.310 e. The standard InChI is InChI=1S/C11H11BrClF2NO2/c1-2-18-9(17)4-6-3-7(12)10(11(14)15)16-8(6)5-13/h3,11H,2,4-5H2,1H3. The van der Waals surface area contributed by atoms with E-state index < -0.39 is 12.4 Å². The molecule has 0 bridgehead atoms. The van der Waals surface area contributed by atoms with E-state index in [1.807, 2.05) is 0 Å². The number of carbonyl (C=O) groups is 1. The molecular weight excluding hydrogens is 331 g/mol. The number of aromatic nitrogens is 1. The van der Waals surface area contributed by atoms with Crippen molar-refractivity contribution in [1.82, 2.24) is 4.98 Å². The number of esters is 1. The van der Waals surface area contributed by atoms with Crippen molar-refractivity contribution in [3.8, 4) is 0 Å². The van der Waals surface area contributed by atoms with Crippen LogP contribution in [0.4, 0.5) is 8.78 Å². The minimum Gasteiger partial charge on any atom is -0.466 e. The van der Waals surface area contributed by atoms with Crippen molar-refractivity contribution in [2.45, 2.75) is 25.7 Å². The number of ether oxygens (including phenoxy) is 1. The van der Waals surface area contributed by atoms with Gasteiger partial charge in [-0.2, -0.15) is 0 Å². The molecule has 0 radical (unpaired) electrons. The molecule has 0 saturated carbocycles. The van der Waals surface area contributed by atoms with Crippen molar-refractivity contribution in [2.75, 3.05) is 6.61 Å². The zero-order valence-electron chi connectivity index (χ0n) is 9.55. The Morgan fingerprint density at radius 1 is 1.61 bits per heavy atom. The molecule has 0 aliphatic heterocycles. The maximum absolute atomic E-state index is 12.6. The van der Waals surface area contributed by atoms with Crippen molar-refractivity contribution in [3.63, 3.8) is 0 Å². The molecule has 0 atom stereocenters. The normalized spacial score (nSPS) is 10.8. The molecule has 0 fully saturated rings. The van der Waals surface area contributed by atoms with Crippen molar-refractivity contribution < 1.29 is 18.3 Å². The summed E-state index contributed by atoms with van der Waals surface area (Å²) in [6.07, 6.45) is -2.73. The fraction of sp³-hybridized carbons (Fsp3) is 0.455. The van der Waals surface area contributed by atoms with Gasteiger partial charge >= 0.3 is 5.97 Å². The Bertz CT molecular complexity index is 443. The second kappa shape index (κ2) is 6.99. The second-order valence-corrected chi connectivity index (χ2v) is 4.50. The molecule has 1 heterocycles. The molecule has 18 heavy (non-hydrogen) atoms. The molecule has 0 amide bonds. The molecule has 0 aliphatic rings. The quantitative estimate of drug-likeness (QED) is 0.606. The predicted molar refractivity (Wildman–Crippen MR) is 66.8 cm³/mol. The van der Waals surface area contributed by atoms with E-state index in [2.05, 4.69) is 20.9 Å². The SMILES string of the molecule is CCOC(=O)Cc1cc(Br)c(C(F)F)nc1CCl. The van der Waals surface area contributed by atoms with E-state index in [1.54, 1.807) is 6.92 Å². The first-order valence-electron chi connectivity index (χ1n) is 5.17. The Kier molecular flexibility index (Phi) is 5.95. The summed E-state index contributed by atoms with van der Waals surface area (Å²) in [4.78, 5) is 15.1. The lowest BCUT2D eigenvalue weighted by Crippen LogP contribution is -2.11. The number of hydrogen-bond acceptors (Lipinski definition) is 3. The maximum atomic E-state index is 12.6. The molecule has 0 spiro atoms. The van der Waals surface area contributed by atoms with E-state index in [0.717, 1.165) is 0 Å². The minimum atomic E-state index is -2.70. The van der Waals surface area contributed by atoms with Gasteiger partial charge in [-0.25, -0.2) is 13.8 Å². The number of nitrogens with zero attached hydrogens (tertiary/aromatic N) is 1. The number of carbonyl (C=O) groups excluding carboxylic acids is 1. The van der Waals surface area contributed by atoms with Gasteiger partial charge in [-0.3, -0.25) is 4.79 Å². The van der Waals surface area contributed by atoms with E-state index in [1.165, 1.54) is 6.07 Å². The van der Waals surface area contributed by atoms with Crippen LogP contribution in [0.25, 0.3) is 0 Å². The Balaban J connectivity index is 3.05. The summed E-state index contributed by atoms with van der Waals surface area (Å²) in [5, 5.41) is 0. The third kappa shape index (κ3) is 3.88. The summed E-state index contributed by atoms with van der Waals surface area (Å²) >= 11 is 8.65. The van der Waals surface area contributed by atoms with Crippen LogP contribution in [0.5, 0.6) is 0 Å². The maximum Gasteiger partial charge on any atom is 0.310 e. The van der Waals surface area contributed by atoms with Gasteiger partial charge < -0.3 is 4.74 Å². The van der Waals surface area contributed by atoms with Crippen LogP contribution in [0, 0.1) is 0 Å². The van der Waals surface area contributed by atoms with Gasteiger partial charge in [-0.05, 0) is 34.5 Å². The summed E-state index contributed by atoms with van der Waals surface area (Å²) in [6, 6.07) is 1.43. The first-order valence-corrected chi connectivity index (χ1v) is 6.50. The van der Waals surface area contributed by atoms with E-state index in [9.17, 15) is 13.6 Å². The Morgan fingerprint density at radius 3 is 2.78 bits per heavy atom. The predicted octanol–water partition coefficient (Wildman–Crippen LogP) is 3.63. The first kappa shape index (κ1) is 15.3. The van der Waals surface area contributed by atoms with Gasteiger partial charge in [-0.15, -0.1) is 11.6 Å².